The summed E-state index contributed by atoms with van der Waals surface area (Å²) in [5.41, 5.74) is 3.36. The number of nitrogens with zero attached hydrogens (tertiary/aromatic N) is 1. The van der Waals surface area contributed by atoms with Crippen molar-refractivity contribution in [2.75, 3.05) is 0 Å². The molecule has 1 aromatic carbocycles. The number of pyridine rings is 1. The third kappa shape index (κ3) is 2.92. The molecule has 0 aliphatic heterocycles. The Hall–Kier alpha value is -2.76. The predicted octanol–water partition coefficient (Wildman–Crippen LogP) is 5.78. The number of rotatable bonds is 2. The van der Waals surface area contributed by atoms with E-state index in [0.717, 1.165) is 41.5 Å². The Kier molecular flexibility index (Phi) is 4.42. The van der Waals surface area contributed by atoms with Crippen LogP contribution in [-0.4, -0.2) is 22.4 Å². The number of allylic oxidation sites excluding steroid dienone is 2. The largest absolute Gasteiger partial charge is 0.511 e. The Balaban J connectivity index is 1.48. The van der Waals surface area contributed by atoms with E-state index in [4.69, 9.17) is 9.84 Å². The molecule has 4 nitrogen and oxygen atoms in total. The number of aryl methyl sites for hydroxylation is 1. The molecule has 0 saturated heterocycles. The topological polar surface area (TPSA) is 59.4 Å². The molecule has 1 N–H and O–H groups in total. The van der Waals surface area contributed by atoms with E-state index in [-0.39, 0.29) is 34.7 Å². The highest BCUT2D eigenvalue weighted by Crippen LogP contribution is 2.63. The molecule has 1 heterocycles. The number of hydrogen-bond donors (Lipinski definition) is 1. The maximum absolute atomic E-state index is 15.7. The molecule has 5 atom stereocenters. The van der Waals surface area contributed by atoms with Crippen LogP contribution < -0.4 is 4.74 Å². The van der Waals surface area contributed by atoms with Gasteiger partial charge in [0.05, 0.1) is 6.20 Å². The van der Waals surface area contributed by atoms with Gasteiger partial charge in [-0.25, -0.2) is 13.6 Å². The molecule has 6 heteroatoms. The molecule has 0 bridgehead atoms. The molecule has 3 aliphatic carbocycles. The van der Waals surface area contributed by atoms with Gasteiger partial charge in [-0.1, -0.05) is 19.1 Å². The zero-order chi connectivity index (χ0) is 21.0. The summed E-state index contributed by atoms with van der Waals surface area (Å²) in [5, 5.41) is 8.85. The van der Waals surface area contributed by atoms with Crippen molar-refractivity contribution in [1.29, 1.82) is 0 Å². The van der Waals surface area contributed by atoms with E-state index in [9.17, 15) is 9.18 Å². The highest BCUT2D eigenvalue weighted by molar-refractivity contribution is 5.72. The number of aromatic nitrogens is 1. The first-order valence-electron chi connectivity index (χ1n) is 10.4. The van der Waals surface area contributed by atoms with Gasteiger partial charge < -0.3 is 9.84 Å². The molecule has 156 valence electrons. The average molecular weight is 411 g/mol. The van der Waals surface area contributed by atoms with Gasteiger partial charge >= 0.3 is 6.16 Å². The van der Waals surface area contributed by atoms with Gasteiger partial charge in [0.2, 0.25) is 0 Å². The summed E-state index contributed by atoms with van der Waals surface area (Å²) in [6.07, 6.45) is 5.48. The van der Waals surface area contributed by atoms with Crippen LogP contribution in [0.1, 0.15) is 48.8 Å². The minimum atomic E-state index is -1.35. The van der Waals surface area contributed by atoms with Crippen LogP contribution in [0.3, 0.4) is 0 Å². The minimum absolute atomic E-state index is 0.188. The second-order valence-corrected chi connectivity index (χ2v) is 8.95. The standard InChI is InChI=1S/C24H23F2NO3/c1-24-10-21(26)22-17-5-3-16(30-23(28)29)9-13(17)2-4-18(22)20(24)7-6-19(24)14-8-15(25)12-27-11-14/h3,5-6,8-9,11-12,18,20-22H,2,4,7,10H2,1H3,(H,28,29)/t18-,20-,21-,22+,24+/m0/s1. The Labute approximate surface area is 173 Å². The van der Waals surface area contributed by atoms with Crippen LogP contribution in [-0.2, 0) is 6.42 Å². The van der Waals surface area contributed by atoms with E-state index < -0.39 is 12.3 Å². The van der Waals surface area contributed by atoms with Gasteiger partial charge in [-0.2, -0.15) is 0 Å². The van der Waals surface area contributed by atoms with Crippen molar-refractivity contribution in [1.82, 2.24) is 4.98 Å². The second kappa shape index (κ2) is 6.89. The number of carboxylic acid groups (broad SMARTS) is 1. The van der Waals surface area contributed by atoms with Crippen LogP contribution in [0.2, 0.25) is 0 Å². The minimum Gasteiger partial charge on any atom is -0.449 e. The summed E-state index contributed by atoms with van der Waals surface area (Å²) in [5.74, 6) is 0.170. The van der Waals surface area contributed by atoms with Crippen LogP contribution in [0.25, 0.3) is 5.57 Å². The molecule has 5 rings (SSSR count). The van der Waals surface area contributed by atoms with Crippen molar-refractivity contribution in [2.45, 2.75) is 44.7 Å². The fourth-order valence-corrected chi connectivity index (χ4v) is 6.32. The summed E-state index contributed by atoms with van der Waals surface area (Å²) in [6, 6.07) is 6.68. The molecule has 0 spiro atoms. The number of benzene rings is 1. The lowest BCUT2D eigenvalue weighted by molar-refractivity contribution is 0.0237. The van der Waals surface area contributed by atoms with E-state index >= 15 is 4.39 Å². The molecule has 1 saturated carbocycles. The van der Waals surface area contributed by atoms with E-state index in [1.54, 1.807) is 18.3 Å². The Morgan fingerprint density at radius 3 is 2.90 bits per heavy atom. The molecule has 30 heavy (non-hydrogen) atoms. The summed E-state index contributed by atoms with van der Waals surface area (Å²) in [7, 11) is 0. The summed E-state index contributed by atoms with van der Waals surface area (Å²) < 4.78 is 34.3. The van der Waals surface area contributed by atoms with E-state index in [2.05, 4.69) is 18.0 Å². The third-order valence-electron chi connectivity index (χ3n) is 7.44. The summed E-state index contributed by atoms with van der Waals surface area (Å²) in [6.45, 7) is 2.11. The molecular weight excluding hydrogens is 388 g/mol. The van der Waals surface area contributed by atoms with Crippen LogP contribution in [0.4, 0.5) is 13.6 Å². The SMILES string of the molecule is C[C@]12C[C@H](F)[C@@H]3c4ccc(OC(=O)O)cc4CC[C@H]3[C@@H]1CC=C2c1cncc(F)c1. The highest BCUT2D eigenvalue weighted by Gasteiger charge is 2.55. The molecule has 1 fully saturated rings. The fraction of sp³-hybridized carbons (Fsp3) is 0.417. The number of fused-ring (bicyclic) bond motifs is 5. The van der Waals surface area contributed by atoms with Gasteiger partial charge in [0.25, 0.3) is 0 Å². The first kappa shape index (κ1) is 19.2. The number of ether oxygens (including phenoxy) is 1. The van der Waals surface area contributed by atoms with Crippen molar-refractivity contribution in [3.63, 3.8) is 0 Å². The monoisotopic (exact) mass is 411 g/mol. The highest BCUT2D eigenvalue weighted by atomic mass is 19.1. The van der Waals surface area contributed by atoms with E-state index in [0.29, 0.717) is 6.42 Å². The zero-order valence-electron chi connectivity index (χ0n) is 16.6. The lowest BCUT2D eigenvalue weighted by Gasteiger charge is -2.51. The molecule has 0 radical (unpaired) electrons. The predicted molar refractivity (Wildman–Crippen MR) is 108 cm³/mol. The second-order valence-electron chi connectivity index (χ2n) is 8.95. The van der Waals surface area contributed by atoms with Crippen molar-refractivity contribution < 1.29 is 23.4 Å². The average Bonchev–Trinajstić information content (AvgIpc) is 3.03. The first-order valence-corrected chi connectivity index (χ1v) is 10.4. The van der Waals surface area contributed by atoms with Crippen LogP contribution in [0.5, 0.6) is 5.75 Å². The van der Waals surface area contributed by atoms with E-state index in [1.807, 2.05) is 6.07 Å². The van der Waals surface area contributed by atoms with Gasteiger partial charge in [0, 0.05) is 12.1 Å². The first-order chi connectivity index (χ1) is 14.4. The summed E-state index contributed by atoms with van der Waals surface area (Å²) >= 11 is 0. The fourth-order valence-electron chi connectivity index (χ4n) is 6.32. The van der Waals surface area contributed by atoms with Crippen molar-refractivity contribution in [3.8, 4) is 5.75 Å². The number of halogens is 2. The quantitative estimate of drug-likeness (QED) is 0.503. The van der Waals surface area contributed by atoms with Crippen molar-refractivity contribution >= 4 is 11.7 Å². The maximum Gasteiger partial charge on any atom is 0.511 e. The van der Waals surface area contributed by atoms with Gasteiger partial charge in [-0.05, 0) is 83.4 Å². The third-order valence-corrected chi connectivity index (χ3v) is 7.44. The van der Waals surface area contributed by atoms with E-state index in [1.165, 1.54) is 12.3 Å². The number of alkyl halides is 1. The smallest absolute Gasteiger partial charge is 0.449 e. The molecule has 0 unspecified atom stereocenters. The van der Waals surface area contributed by atoms with Crippen LogP contribution in [0.15, 0.2) is 42.7 Å². The van der Waals surface area contributed by atoms with Gasteiger partial charge in [-0.3, -0.25) is 4.98 Å². The molecular formula is C24H23F2NO3. The normalized spacial score (nSPS) is 31.9. The lowest BCUT2D eigenvalue weighted by Crippen LogP contribution is -2.46. The molecule has 3 aliphatic rings. The Morgan fingerprint density at radius 2 is 2.13 bits per heavy atom. The van der Waals surface area contributed by atoms with Crippen molar-refractivity contribution in [2.24, 2.45) is 17.3 Å². The molecule has 1 aromatic heterocycles. The van der Waals surface area contributed by atoms with Gasteiger partial charge in [-0.15, -0.1) is 0 Å². The maximum atomic E-state index is 15.7. The number of carbonyl (C=O) groups is 1. The molecule has 2 aromatic rings. The molecule has 0 amide bonds. The van der Waals surface area contributed by atoms with Crippen molar-refractivity contribution in [3.05, 3.63) is 65.2 Å². The van der Waals surface area contributed by atoms with Crippen LogP contribution in [0, 0.1) is 23.1 Å². The van der Waals surface area contributed by atoms with Crippen LogP contribution >= 0.6 is 0 Å². The Bertz CT molecular complexity index is 1050. The number of hydrogen-bond acceptors (Lipinski definition) is 3. The summed E-state index contributed by atoms with van der Waals surface area (Å²) in [4.78, 5) is 14.8. The lowest BCUT2D eigenvalue weighted by atomic mass is 9.53. The van der Waals surface area contributed by atoms with Gasteiger partial charge in [0.1, 0.15) is 17.7 Å². The van der Waals surface area contributed by atoms with Gasteiger partial charge in [0.15, 0.2) is 0 Å². The Morgan fingerprint density at radius 1 is 1.30 bits per heavy atom. The zero-order valence-corrected chi connectivity index (χ0v) is 16.6.